The van der Waals surface area contributed by atoms with E-state index in [0.29, 0.717) is 23.9 Å². The molecule has 2 aliphatic rings. The van der Waals surface area contributed by atoms with E-state index in [-0.39, 0.29) is 0 Å². The zero-order valence-electron chi connectivity index (χ0n) is 13.2. The van der Waals surface area contributed by atoms with Crippen LogP contribution in [0.2, 0.25) is 0 Å². The second kappa shape index (κ2) is 5.53. The molecule has 4 unspecified atom stereocenters. The fourth-order valence-corrected chi connectivity index (χ4v) is 3.78. The van der Waals surface area contributed by atoms with E-state index in [1.807, 2.05) is 0 Å². The smallest absolute Gasteiger partial charge is 0.121 e. The summed E-state index contributed by atoms with van der Waals surface area (Å²) >= 11 is 0. The SMILES string of the molecule is CNCC1CCN(C(C)C)C1c1ccc(C2CC2C)o1. The van der Waals surface area contributed by atoms with E-state index in [0.717, 1.165) is 12.5 Å². The highest BCUT2D eigenvalue weighted by Crippen LogP contribution is 2.48. The summed E-state index contributed by atoms with van der Waals surface area (Å²) in [5.41, 5.74) is 0. The molecule has 0 bridgehead atoms. The molecule has 0 aromatic carbocycles. The topological polar surface area (TPSA) is 28.4 Å². The van der Waals surface area contributed by atoms with E-state index in [2.05, 4.69) is 50.2 Å². The van der Waals surface area contributed by atoms with Crippen LogP contribution < -0.4 is 5.32 Å². The molecule has 0 amide bonds. The van der Waals surface area contributed by atoms with Crippen LogP contribution in [0.25, 0.3) is 0 Å². The molecule has 1 aromatic heterocycles. The maximum atomic E-state index is 6.25. The third-order valence-electron chi connectivity index (χ3n) is 5.11. The normalized spacial score (nSPS) is 34.0. The molecule has 3 rings (SSSR count). The van der Waals surface area contributed by atoms with Gasteiger partial charge in [-0.2, -0.15) is 0 Å². The van der Waals surface area contributed by atoms with E-state index in [1.165, 1.54) is 30.9 Å². The summed E-state index contributed by atoms with van der Waals surface area (Å²) in [7, 11) is 2.05. The Morgan fingerprint density at radius 1 is 1.35 bits per heavy atom. The van der Waals surface area contributed by atoms with Crippen LogP contribution in [-0.2, 0) is 0 Å². The first-order chi connectivity index (χ1) is 9.61. The summed E-state index contributed by atoms with van der Waals surface area (Å²) in [6.07, 6.45) is 2.56. The van der Waals surface area contributed by atoms with Crippen molar-refractivity contribution in [2.24, 2.45) is 11.8 Å². The van der Waals surface area contributed by atoms with Crippen LogP contribution in [0, 0.1) is 11.8 Å². The van der Waals surface area contributed by atoms with Gasteiger partial charge in [0.1, 0.15) is 11.5 Å². The summed E-state index contributed by atoms with van der Waals surface area (Å²) < 4.78 is 6.25. The quantitative estimate of drug-likeness (QED) is 0.893. The van der Waals surface area contributed by atoms with Crippen LogP contribution in [0.3, 0.4) is 0 Å². The largest absolute Gasteiger partial charge is 0.464 e. The van der Waals surface area contributed by atoms with Crippen molar-refractivity contribution in [1.82, 2.24) is 10.2 Å². The van der Waals surface area contributed by atoms with Crippen LogP contribution in [-0.4, -0.2) is 31.1 Å². The van der Waals surface area contributed by atoms with E-state index in [4.69, 9.17) is 4.42 Å². The van der Waals surface area contributed by atoms with Crippen LogP contribution in [0.4, 0.5) is 0 Å². The first-order valence-electron chi connectivity index (χ1n) is 8.11. The summed E-state index contributed by atoms with van der Waals surface area (Å²) in [6.45, 7) is 9.16. The Morgan fingerprint density at radius 3 is 2.65 bits per heavy atom. The predicted molar refractivity (Wildman–Crippen MR) is 81.8 cm³/mol. The zero-order valence-corrected chi connectivity index (χ0v) is 13.2. The lowest BCUT2D eigenvalue weighted by molar-refractivity contribution is 0.158. The zero-order chi connectivity index (χ0) is 14.3. The van der Waals surface area contributed by atoms with Crippen LogP contribution in [0.15, 0.2) is 16.5 Å². The molecule has 4 atom stereocenters. The van der Waals surface area contributed by atoms with Gasteiger partial charge >= 0.3 is 0 Å². The molecule has 2 fully saturated rings. The van der Waals surface area contributed by atoms with Crippen LogP contribution >= 0.6 is 0 Å². The maximum Gasteiger partial charge on any atom is 0.121 e. The van der Waals surface area contributed by atoms with Crippen molar-refractivity contribution in [3.8, 4) is 0 Å². The Morgan fingerprint density at radius 2 is 2.05 bits per heavy atom. The lowest BCUT2D eigenvalue weighted by Crippen LogP contribution is -2.33. The first kappa shape index (κ1) is 14.2. The Kier molecular flexibility index (Phi) is 3.91. The van der Waals surface area contributed by atoms with E-state index >= 15 is 0 Å². The van der Waals surface area contributed by atoms with Gasteiger partial charge in [-0.3, -0.25) is 4.90 Å². The highest BCUT2D eigenvalue weighted by Gasteiger charge is 2.40. The molecule has 1 saturated carbocycles. The lowest BCUT2D eigenvalue weighted by atomic mass is 9.98. The number of likely N-dealkylation sites (tertiary alicyclic amines) is 1. The van der Waals surface area contributed by atoms with Crippen molar-refractivity contribution in [3.63, 3.8) is 0 Å². The maximum absolute atomic E-state index is 6.25. The first-order valence-corrected chi connectivity index (χ1v) is 8.11. The van der Waals surface area contributed by atoms with Gasteiger partial charge in [-0.15, -0.1) is 0 Å². The van der Waals surface area contributed by atoms with Crippen molar-refractivity contribution in [2.45, 2.75) is 51.6 Å². The van der Waals surface area contributed by atoms with Crippen molar-refractivity contribution < 1.29 is 4.42 Å². The Labute approximate surface area is 122 Å². The molecule has 1 aliphatic heterocycles. The summed E-state index contributed by atoms with van der Waals surface area (Å²) in [6, 6.07) is 5.48. The summed E-state index contributed by atoms with van der Waals surface area (Å²) in [5, 5.41) is 3.35. The number of nitrogens with zero attached hydrogens (tertiary/aromatic N) is 1. The highest BCUT2D eigenvalue weighted by molar-refractivity contribution is 5.20. The molecule has 0 spiro atoms. The van der Waals surface area contributed by atoms with Gasteiger partial charge in [-0.05, 0) is 70.8 Å². The molecule has 1 saturated heterocycles. The molecule has 2 heterocycles. The van der Waals surface area contributed by atoms with E-state index in [9.17, 15) is 0 Å². The number of hydrogen-bond donors (Lipinski definition) is 1. The second-order valence-electron chi connectivity index (χ2n) is 6.94. The Bertz CT molecular complexity index is 454. The molecule has 3 nitrogen and oxygen atoms in total. The van der Waals surface area contributed by atoms with Crippen LogP contribution in [0.5, 0.6) is 0 Å². The van der Waals surface area contributed by atoms with Gasteiger partial charge in [-0.25, -0.2) is 0 Å². The third kappa shape index (κ3) is 2.53. The standard InChI is InChI=1S/C17H28N2O/c1-11(2)19-8-7-13(10-18-4)17(19)16-6-5-15(20-16)14-9-12(14)3/h5-6,11-14,17-18H,7-10H2,1-4H3. The molecular formula is C17H28N2O. The van der Waals surface area contributed by atoms with Crippen molar-refractivity contribution >= 4 is 0 Å². The van der Waals surface area contributed by atoms with E-state index < -0.39 is 0 Å². The minimum absolute atomic E-state index is 0.449. The molecule has 0 radical (unpaired) electrons. The molecular weight excluding hydrogens is 248 g/mol. The molecule has 112 valence electrons. The number of hydrogen-bond acceptors (Lipinski definition) is 3. The van der Waals surface area contributed by atoms with Gasteiger partial charge in [0.15, 0.2) is 0 Å². The average molecular weight is 276 g/mol. The van der Waals surface area contributed by atoms with Gasteiger partial charge in [0, 0.05) is 12.0 Å². The Hall–Kier alpha value is -0.800. The van der Waals surface area contributed by atoms with Gasteiger partial charge in [0.25, 0.3) is 0 Å². The third-order valence-corrected chi connectivity index (χ3v) is 5.11. The molecule has 3 heteroatoms. The minimum atomic E-state index is 0.449. The highest BCUT2D eigenvalue weighted by atomic mass is 16.3. The fourth-order valence-electron chi connectivity index (χ4n) is 3.78. The van der Waals surface area contributed by atoms with Gasteiger partial charge in [0.05, 0.1) is 6.04 Å². The fraction of sp³-hybridized carbons (Fsp3) is 0.765. The molecule has 1 aliphatic carbocycles. The van der Waals surface area contributed by atoms with Crippen LogP contribution in [0.1, 0.15) is 57.1 Å². The van der Waals surface area contributed by atoms with Gasteiger partial charge in [0.2, 0.25) is 0 Å². The van der Waals surface area contributed by atoms with Crippen molar-refractivity contribution in [3.05, 3.63) is 23.7 Å². The summed E-state index contributed by atoms with van der Waals surface area (Å²) in [5.74, 6) is 4.56. The Balaban J connectivity index is 1.81. The van der Waals surface area contributed by atoms with Gasteiger partial charge < -0.3 is 9.73 Å². The lowest BCUT2D eigenvalue weighted by Gasteiger charge is -2.29. The molecule has 20 heavy (non-hydrogen) atoms. The minimum Gasteiger partial charge on any atom is -0.464 e. The summed E-state index contributed by atoms with van der Waals surface area (Å²) in [4.78, 5) is 2.60. The average Bonchev–Trinajstić information content (AvgIpc) is 2.83. The van der Waals surface area contributed by atoms with E-state index in [1.54, 1.807) is 0 Å². The monoisotopic (exact) mass is 276 g/mol. The number of rotatable bonds is 5. The number of furan rings is 1. The predicted octanol–water partition coefficient (Wildman–Crippen LogP) is 3.39. The molecule has 1 aromatic rings. The molecule has 1 N–H and O–H groups in total. The van der Waals surface area contributed by atoms with Crippen molar-refractivity contribution in [1.29, 1.82) is 0 Å². The number of nitrogens with one attached hydrogen (secondary N) is 1. The van der Waals surface area contributed by atoms with Crippen molar-refractivity contribution in [2.75, 3.05) is 20.1 Å². The second-order valence-corrected chi connectivity index (χ2v) is 6.94. The van der Waals surface area contributed by atoms with Gasteiger partial charge in [-0.1, -0.05) is 6.92 Å².